The lowest BCUT2D eigenvalue weighted by Crippen LogP contribution is -2.13. The first-order valence-corrected chi connectivity index (χ1v) is 5.98. The molecule has 3 N–H and O–H groups in total. The van der Waals surface area contributed by atoms with Gasteiger partial charge in [0.25, 0.3) is 5.91 Å². The van der Waals surface area contributed by atoms with E-state index in [1.807, 2.05) is 0 Å². The van der Waals surface area contributed by atoms with Crippen LogP contribution >= 0.6 is 0 Å². The zero-order chi connectivity index (χ0) is 15.4. The van der Waals surface area contributed by atoms with Gasteiger partial charge in [0.1, 0.15) is 5.69 Å². The van der Waals surface area contributed by atoms with E-state index in [-0.39, 0.29) is 11.4 Å². The Morgan fingerprint density at radius 3 is 2.90 bits per heavy atom. The monoisotopic (exact) mass is 293 g/mol. The topological polar surface area (TPSA) is 116 Å². The van der Waals surface area contributed by atoms with Crippen molar-refractivity contribution in [2.45, 2.75) is 6.54 Å². The largest absolute Gasteiger partial charge is 0.335 e. The number of imidazole rings is 1. The first-order valence-electron chi connectivity index (χ1n) is 5.98. The first kappa shape index (κ1) is 14.6. The van der Waals surface area contributed by atoms with Crippen molar-refractivity contribution in [1.29, 1.82) is 0 Å². The Labute approximate surface area is 118 Å². The van der Waals surface area contributed by atoms with Crippen LogP contribution in [0.2, 0.25) is 0 Å². The quantitative estimate of drug-likeness (QED) is 0.633. The van der Waals surface area contributed by atoms with Gasteiger partial charge in [0.15, 0.2) is 0 Å². The summed E-state index contributed by atoms with van der Waals surface area (Å²) < 4.78 is 15.1. The number of amides is 1. The van der Waals surface area contributed by atoms with Crippen LogP contribution in [-0.2, 0) is 6.54 Å². The molecule has 0 fully saturated rings. The van der Waals surface area contributed by atoms with Crippen molar-refractivity contribution < 1.29 is 14.1 Å². The summed E-state index contributed by atoms with van der Waals surface area (Å²) in [6.45, 7) is 0.928. The zero-order valence-corrected chi connectivity index (χ0v) is 10.8. The van der Waals surface area contributed by atoms with Gasteiger partial charge in [-0.15, -0.1) is 0 Å². The molecule has 1 aromatic heterocycles. The van der Waals surface area contributed by atoms with Crippen LogP contribution in [0, 0.1) is 15.9 Å². The number of nitro benzene ring substituents is 1. The summed E-state index contributed by atoms with van der Waals surface area (Å²) in [5.41, 5.74) is 4.98. The van der Waals surface area contributed by atoms with E-state index in [9.17, 15) is 19.3 Å². The molecule has 0 spiro atoms. The third-order valence-electron chi connectivity index (χ3n) is 2.66. The second-order valence-corrected chi connectivity index (χ2v) is 4.16. The van der Waals surface area contributed by atoms with Crippen molar-refractivity contribution in [3.05, 3.63) is 52.3 Å². The third-order valence-corrected chi connectivity index (χ3v) is 2.66. The molecular weight excluding hydrogens is 281 g/mol. The number of carbonyl (C=O) groups excluding carboxylic acids is 1. The molecule has 0 aliphatic carbocycles. The molecule has 2 rings (SSSR count). The van der Waals surface area contributed by atoms with Crippen molar-refractivity contribution in [3.8, 4) is 0 Å². The predicted molar refractivity (Wildman–Crippen MR) is 72.3 cm³/mol. The van der Waals surface area contributed by atoms with Crippen LogP contribution in [0.25, 0.3) is 0 Å². The molecule has 1 aromatic carbocycles. The highest BCUT2D eigenvalue weighted by Gasteiger charge is 2.16. The molecule has 1 amide bonds. The lowest BCUT2D eigenvalue weighted by Gasteiger charge is -2.03. The molecule has 0 bridgehead atoms. The van der Waals surface area contributed by atoms with Crippen LogP contribution in [0.5, 0.6) is 0 Å². The third kappa shape index (κ3) is 3.39. The summed E-state index contributed by atoms with van der Waals surface area (Å²) in [7, 11) is 0. The Bertz CT molecular complexity index is 685. The number of nitrogens with zero attached hydrogens (tertiary/aromatic N) is 3. The first-order chi connectivity index (χ1) is 10.0. The van der Waals surface area contributed by atoms with E-state index in [1.54, 1.807) is 4.57 Å². The minimum absolute atomic E-state index is 0.108. The maximum absolute atomic E-state index is 13.4. The fourth-order valence-corrected chi connectivity index (χ4v) is 1.68. The highest BCUT2D eigenvalue weighted by molar-refractivity contribution is 6.02. The van der Waals surface area contributed by atoms with Crippen LogP contribution in [0.4, 0.5) is 15.8 Å². The summed E-state index contributed by atoms with van der Waals surface area (Å²) in [6.07, 6.45) is 2.96. The van der Waals surface area contributed by atoms with Crippen molar-refractivity contribution >= 4 is 17.3 Å². The molecule has 0 atom stereocenters. The predicted octanol–water partition coefficient (Wildman–Crippen LogP) is 1.14. The number of carbonyl (C=O) groups is 1. The SMILES string of the molecule is NCCn1cnc(C(=O)Nc2ccc([N+](=O)[O-])c(F)c2)c1. The van der Waals surface area contributed by atoms with Crippen LogP contribution in [0.15, 0.2) is 30.7 Å². The van der Waals surface area contributed by atoms with Crippen LogP contribution in [-0.4, -0.2) is 26.9 Å². The summed E-state index contributed by atoms with van der Waals surface area (Å²) >= 11 is 0. The standard InChI is InChI=1S/C12H12FN5O3/c13-9-5-8(1-2-11(9)18(20)21)16-12(19)10-6-17(4-3-14)7-15-10/h1-2,5-7H,3-4,14H2,(H,16,19). The van der Waals surface area contributed by atoms with Gasteiger partial charge in [-0.05, 0) is 6.07 Å². The molecule has 1 heterocycles. The van der Waals surface area contributed by atoms with Gasteiger partial charge in [-0.3, -0.25) is 14.9 Å². The lowest BCUT2D eigenvalue weighted by molar-refractivity contribution is -0.387. The smallest absolute Gasteiger partial charge is 0.304 e. The number of benzene rings is 1. The molecule has 0 saturated carbocycles. The van der Waals surface area contributed by atoms with Gasteiger partial charge in [0, 0.05) is 37.1 Å². The molecule has 2 aromatic rings. The summed E-state index contributed by atoms with van der Waals surface area (Å²) in [4.78, 5) is 25.4. The fraction of sp³-hybridized carbons (Fsp3) is 0.167. The average Bonchev–Trinajstić information content (AvgIpc) is 2.87. The molecule has 0 unspecified atom stereocenters. The maximum Gasteiger partial charge on any atom is 0.304 e. The van der Waals surface area contributed by atoms with Crippen molar-refractivity contribution in [2.24, 2.45) is 5.73 Å². The van der Waals surface area contributed by atoms with Gasteiger partial charge in [-0.2, -0.15) is 4.39 Å². The number of nitrogens with one attached hydrogen (secondary N) is 1. The number of hydrogen-bond donors (Lipinski definition) is 2. The second kappa shape index (κ2) is 6.09. The van der Waals surface area contributed by atoms with Crippen molar-refractivity contribution in [3.63, 3.8) is 0 Å². The summed E-state index contributed by atoms with van der Waals surface area (Å²) in [5, 5.41) is 12.9. The number of anilines is 1. The van der Waals surface area contributed by atoms with Crippen molar-refractivity contribution in [2.75, 3.05) is 11.9 Å². The van der Waals surface area contributed by atoms with Gasteiger partial charge in [-0.1, -0.05) is 0 Å². The summed E-state index contributed by atoms with van der Waals surface area (Å²) in [6, 6.07) is 3.11. The highest BCUT2D eigenvalue weighted by atomic mass is 19.1. The van der Waals surface area contributed by atoms with Gasteiger partial charge >= 0.3 is 5.69 Å². The number of rotatable bonds is 5. The minimum atomic E-state index is -1.02. The minimum Gasteiger partial charge on any atom is -0.335 e. The molecule has 110 valence electrons. The number of nitrogens with two attached hydrogens (primary N) is 1. The zero-order valence-electron chi connectivity index (χ0n) is 10.8. The van der Waals surface area contributed by atoms with Crippen LogP contribution in [0.3, 0.4) is 0 Å². The van der Waals surface area contributed by atoms with Crippen LogP contribution < -0.4 is 11.1 Å². The van der Waals surface area contributed by atoms with Gasteiger partial charge in [0.05, 0.1) is 11.3 Å². The number of aromatic nitrogens is 2. The highest BCUT2D eigenvalue weighted by Crippen LogP contribution is 2.21. The fourth-order valence-electron chi connectivity index (χ4n) is 1.68. The number of halogens is 1. The van der Waals surface area contributed by atoms with Gasteiger partial charge < -0.3 is 15.6 Å². The van der Waals surface area contributed by atoms with Gasteiger partial charge in [0.2, 0.25) is 5.82 Å². The Kier molecular flexibility index (Phi) is 4.24. The number of hydrogen-bond acceptors (Lipinski definition) is 5. The molecule has 21 heavy (non-hydrogen) atoms. The van der Waals surface area contributed by atoms with Crippen molar-refractivity contribution in [1.82, 2.24) is 9.55 Å². The average molecular weight is 293 g/mol. The van der Waals surface area contributed by atoms with E-state index in [4.69, 9.17) is 5.73 Å². The Morgan fingerprint density at radius 2 is 2.29 bits per heavy atom. The Balaban J connectivity index is 2.11. The van der Waals surface area contributed by atoms with E-state index in [0.717, 1.165) is 12.1 Å². The second-order valence-electron chi connectivity index (χ2n) is 4.16. The molecular formula is C12H12FN5O3. The normalized spacial score (nSPS) is 10.4. The maximum atomic E-state index is 13.4. The molecule has 0 aliphatic rings. The van der Waals surface area contributed by atoms with E-state index < -0.39 is 22.3 Å². The van der Waals surface area contributed by atoms with E-state index >= 15 is 0 Å². The molecule has 9 heteroatoms. The molecule has 0 aliphatic heterocycles. The Hall–Kier alpha value is -2.81. The van der Waals surface area contributed by atoms with E-state index in [2.05, 4.69) is 10.3 Å². The molecule has 0 saturated heterocycles. The van der Waals surface area contributed by atoms with Crippen LogP contribution in [0.1, 0.15) is 10.5 Å². The Morgan fingerprint density at radius 1 is 1.52 bits per heavy atom. The van der Waals surface area contributed by atoms with E-state index in [1.165, 1.54) is 18.6 Å². The van der Waals surface area contributed by atoms with E-state index in [0.29, 0.717) is 13.1 Å². The summed E-state index contributed by atoms with van der Waals surface area (Å²) in [5.74, 6) is -1.56. The lowest BCUT2D eigenvalue weighted by atomic mass is 10.2. The number of nitro groups is 1. The molecule has 0 radical (unpaired) electrons. The molecule has 8 nitrogen and oxygen atoms in total. The van der Waals surface area contributed by atoms with Gasteiger partial charge in [-0.25, -0.2) is 4.98 Å².